The lowest BCUT2D eigenvalue weighted by molar-refractivity contribution is 0.359. The number of benzene rings is 1. The number of halogens is 1. The first-order valence-corrected chi connectivity index (χ1v) is 9.74. The van der Waals surface area contributed by atoms with Crippen LogP contribution in [0, 0.1) is 24.1 Å². The van der Waals surface area contributed by atoms with Crippen LogP contribution in [-0.2, 0) is 0 Å². The van der Waals surface area contributed by atoms with Gasteiger partial charge in [-0.05, 0) is 51.1 Å². The van der Waals surface area contributed by atoms with E-state index in [1.54, 1.807) is 18.3 Å². The van der Waals surface area contributed by atoms with E-state index >= 15 is 4.39 Å². The van der Waals surface area contributed by atoms with Gasteiger partial charge in [0.05, 0.1) is 35.0 Å². The Balaban J connectivity index is 1.66. The number of imidazole rings is 1. The molecule has 1 aliphatic heterocycles. The van der Waals surface area contributed by atoms with Gasteiger partial charge in [0.1, 0.15) is 17.3 Å². The van der Waals surface area contributed by atoms with E-state index in [1.807, 2.05) is 6.92 Å². The molecular formula is C21H18FN7O. The summed E-state index contributed by atoms with van der Waals surface area (Å²) in [6.45, 7) is 3.45. The highest BCUT2D eigenvalue weighted by Gasteiger charge is 2.20. The van der Waals surface area contributed by atoms with E-state index < -0.39 is 5.82 Å². The number of piperidine rings is 1. The zero-order valence-electron chi connectivity index (χ0n) is 16.3. The van der Waals surface area contributed by atoms with Crippen LogP contribution in [0.25, 0.3) is 27.8 Å². The molecule has 0 saturated carbocycles. The van der Waals surface area contributed by atoms with Crippen LogP contribution in [0.15, 0.2) is 35.5 Å². The zero-order chi connectivity index (χ0) is 20.8. The fraction of sp³-hybridized carbons (Fsp3) is 0.286. The third-order valence-corrected chi connectivity index (χ3v) is 5.50. The highest BCUT2D eigenvalue weighted by atomic mass is 19.1. The minimum absolute atomic E-state index is 0.0152. The Labute approximate surface area is 170 Å². The van der Waals surface area contributed by atoms with Gasteiger partial charge in [-0.3, -0.25) is 9.36 Å². The molecule has 0 spiro atoms. The number of nitrogens with zero attached hydrogens (tertiary/aromatic N) is 6. The number of nitriles is 1. The van der Waals surface area contributed by atoms with Gasteiger partial charge in [0, 0.05) is 11.6 Å². The molecule has 1 saturated heterocycles. The zero-order valence-corrected chi connectivity index (χ0v) is 16.3. The van der Waals surface area contributed by atoms with E-state index in [1.165, 1.54) is 21.5 Å². The van der Waals surface area contributed by atoms with E-state index in [0.29, 0.717) is 22.5 Å². The number of fused-ring (bicyclic) bond motifs is 2. The summed E-state index contributed by atoms with van der Waals surface area (Å²) in [6, 6.07) is 6.60. The normalized spacial score (nSPS) is 15.0. The summed E-state index contributed by atoms with van der Waals surface area (Å²) in [5.41, 5.74) is 2.24. The van der Waals surface area contributed by atoms with Gasteiger partial charge in [0.2, 0.25) is 0 Å². The van der Waals surface area contributed by atoms with Gasteiger partial charge in [0.25, 0.3) is 5.56 Å². The molecule has 9 heteroatoms. The van der Waals surface area contributed by atoms with Gasteiger partial charge in [-0.15, -0.1) is 0 Å². The first-order valence-electron chi connectivity index (χ1n) is 9.74. The van der Waals surface area contributed by atoms with Crippen molar-refractivity contribution in [2.75, 3.05) is 13.1 Å². The fourth-order valence-electron chi connectivity index (χ4n) is 4.02. The molecule has 150 valence electrons. The second-order valence-electron chi connectivity index (χ2n) is 7.50. The molecule has 0 bridgehead atoms. The van der Waals surface area contributed by atoms with Crippen molar-refractivity contribution in [1.82, 2.24) is 29.5 Å². The number of rotatable bonds is 2. The molecule has 1 N–H and O–H groups in total. The fourth-order valence-corrected chi connectivity index (χ4v) is 4.02. The monoisotopic (exact) mass is 403 g/mol. The molecule has 3 aromatic heterocycles. The molecule has 5 rings (SSSR count). The number of aryl methyl sites for hydroxylation is 1. The highest BCUT2D eigenvalue weighted by molar-refractivity contribution is 5.83. The Bertz CT molecular complexity index is 1390. The average Bonchev–Trinajstić information content (AvgIpc) is 3.13. The predicted octanol–water partition coefficient (Wildman–Crippen LogP) is 2.35. The van der Waals surface area contributed by atoms with E-state index in [2.05, 4.69) is 26.5 Å². The minimum atomic E-state index is -0.648. The maximum absolute atomic E-state index is 15.1. The maximum atomic E-state index is 15.1. The van der Waals surface area contributed by atoms with E-state index in [9.17, 15) is 10.1 Å². The second-order valence-corrected chi connectivity index (χ2v) is 7.50. The SMILES string of the molecule is Cc1cn2nc(-c3cc(F)c4c(=O)n(C5CCNCC5)cnc4c3)cc(C#N)c2n1. The predicted molar refractivity (Wildman–Crippen MR) is 109 cm³/mol. The topological polar surface area (TPSA) is 101 Å². The van der Waals surface area contributed by atoms with E-state index in [-0.39, 0.29) is 22.5 Å². The van der Waals surface area contributed by atoms with Crippen molar-refractivity contribution in [1.29, 1.82) is 5.26 Å². The maximum Gasteiger partial charge on any atom is 0.264 e. The molecule has 0 aliphatic carbocycles. The Morgan fingerprint density at radius 3 is 2.83 bits per heavy atom. The first-order chi connectivity index (χ1) is 14.5. The van der Waals surface area contributed by atoms with Crippen LogP contribution < -0.4 is 10.9 Å². The molecule has 0 unspecified atom stereocenters. The van der Waals surface area contributed by atoms with Gasteiger partial charge in [0.15, 0.2) is 5.65 Å². The average molecular weight is 403 g/mol. The van der Waals surface area contributed by atoms with Crippen LogP contribution in [0.4, 0.5) is 4.39 Å². The van der Waals surface area contributed by atoms with Gasteiger partial charge in [-0.2, -0.15) is 10.4 Å². The van der Waals surface area contributed by atoms with Crippen LogP contribution in [0.1, 0.15) is 30.1 Å². The number of aromatic nitrogens is 5. The third-order valence-electron chi connectivity index (χ3n) is 5.50. The molecule has 30 heavy (non-hydrogen) atoms. The van der Waals surface area contributed by atoms with Gasteiger partial charge >= 0.3 is 0 Å². The van der Waals surface area contributed by atoms with Gasteiger partial charge in [-0.1, -0.05) is 0 Å². The summed E-state index contributed by atoms with van der Waals surface area (Å²) in [5.74, 6) is -0.648. The van der Waals surface area contributed by atoms with E-state index in [0.717, 1.165) is 31.6 Å². The molecule has 4 heterocycles. The van der Waals surface area contributed by atoms with Crippen LogP contribution >= 0.6 is 0 Å². The van der Waals surface area contributed by atoms with Crippen LogP contribution in [-0.4, -0.2) is 37.2 Å². The largest absolute Gasteiger partial charge is 0.317 e. The Kier molecular flexibility index (Phi) is 4.29. The Hall–Kier alpha value is -3.64. The van der Waals surface area contributed by atoms with Crippen molar-refractivity contribution >= 4 is 16.6 Å². The molecule has 0 amide bonds. The van der Waals surface area contributed by atoms with E-state index in [4.69, 9.17) is 0 Å². The lowest BCUT2D eigenvalue weighted by atomic mass is 10.1. The number of hydrogen-bond acceptors (Lipinski definition) is 6. The number of hydrogen-bond donors (Lipinski definition) is 1. The van der Waals surface area contributed by atoms with Crippen LogP contribution in [0.5, 0.6) is 0 Å². The minimum Gasteiger partial charge on any atom is -0.317 e. The lowest BCUT2D eigenvalue weighted by Crippen LogP contribution is -2.34. The van der Waals surface area contributed by atoms with Crippen LogP contribution in [0.3, 0.4) is 0 Å². The van der Waals surface area contributed by atoms with Crippen molar-refractivity contribution in [3.8, 4) is 17.3 Å². The summed E-state index contributed by atoms with van der Waals surface area (Å²) in [4.78, 5) is 21.6. The van der Waals surface area contributed by atoms with Gasteiger partial charge in [-0.25, -0.2) is 18.9 Å². The van der Waals surface area contributed by atoms with Crippen LogP contribution in [0.2, 0.25) is 0 Å². The quantitative estimate of drug-likeness (QED) is 0.551. The standard InChI is InChI=1S/C21H18FN7O/c1-12-10-29-20(26-12)14(9-23)8-17(27-29)13-6-16(22)19-18(7-13)25-11-28(21(19)30)15-2-4-24-5-3-15/h6-8,10-11,15,24H,2-5H2,1H3. The lowest BCUT2D eigenvalue weighted by Gasteiger charge is -2.24. The summed E-state index contributed by atoms with van der Waals surface area (Å²) < 4.78 is 18.1. The molecule has 1 aliphatic rings. The Morgan fingerprint density at radius 2 is 2.07 bits per heavy atom. The molecule has 1 fully saturated rings. The highest BCUT2D eigenvalue weighted by Crippen LogP contribution is 2.26. The molecular weight excluding hydrogens is 385 g/mol. The summed E-state index contributed by atoms with van der Waals surface area (Å²) in [7, 11) is 0. The summed E-state index contributed by atoms with van der Waals surface area (Å²) in [5, 5.41) is 17.1. The third kappa shape index (κ3) is 2.93. The second kappa shape index (κ2) is 7.00. The first kappa shape index (κ1) is 18.4. The van der Waals surface area contributed by atoms with Crippen molar-refractivity contribution in [2.45, 2.75) is 25.8 Å². The molecule has 8 nitrogen and oxygen atoms in total. The van der Waals surface area contributed by atoms with Gasteiger partial charge < -0.3 is 5.32 Å². The molecule has 0 atom stereocenters. The van der Waals surface area contributed by atoms with Crippen molar-refractivity contribution in [3.05, 3.63) is 58.2 Å². The van der Waals surface area contributed by atoms with Crippen molar-refractivity contribution in [3.63, 3.8) is 0 Å². The van der Waals surface area contributed by atoms with Crippen molar-refractivity contribution < 1.29 is 4.39 Å². The molecule has 0 radical (unpaired) electrons. The number of nitrogens with one attached hydrogen (secondary N) is 1. The summed E-state index contributed by atoms with van der Waals surface area (Å²) >= 11 is 0. The Morgan fingerprint density at radius 1 is 1.27 bits per heavy atom. The molecule has 1 aromatic carbocycles. The summed E-state index contributed by atoms with van der Waals surface area (Å²) in [6.07, 6.45) is 4.81. The molecule has 4 aromatic rings. The smallest absolute Gasteiger partial charge is 0.264 e. The van der Waals surface area contributed by atoms with Crippen molar-refractivity contribution in [2.24, 2.45) is 0 Å².